The summed E-state index contributed by atoms with van der Waals surface area (Å²) in [4.78, 5) is 7.32. The van der Waals surface area contributed by atoms with E-state index in [0.29, 0.717) is 18.2 Å². The van der Waals surface area contributed by atoms with E-state index in [-0.39, 0.29) is 0 Å². The molecule has 0 radical (unpaired) electrons. The van der Waals surface area contributed by atoms with Gasteiger partial charge >= 0.3 is 0 Å². The number of aliphatic imine (C=N–C) groups is 1. The molecule has 2 aliphatic rings. The highest BCUT2D eigenvalue weighted by Gasteiger charge is 2.57. The fraction of sp³-hybridized carbons (Fsp3) is 0.235. The molecule has 1 saturated heterocycles. The van der Waals surface area contributed by atoms with E-state index in [4.69, 9.17) is 4.99 Å². The van der Waals surface area contributed by atoms with Crippen LogP contribution in [0.5, 0.6) is 0 Å². The second kappa shape index (κ2) is 4.67. The zero-order valence-electron chi connectivity index (χ0n) is 11.2. The summed E-state index contributed by atoms with van der Waals surface area (Å²) in [6.45, 7) is 2.19. The molecule has 2 aliphatic heterocycles. The quantitative estimate of drug-likeness (QED) is 0.576. The molecule has 20 heavy (non-hydrogen) atoms. The van der Waals surface area contributed by atoms with Crippen LogP contribution in [0.25, 0.3) is 0 Å². The number of hydrogen-bond donors (Lipinski definition) is 0. The monoisotopic (exact) mass is 374 g/mol. The summed E-state index contributed by atoms with van der Waals surface area (Å²) in [6.07, 6.45) is 0.291. The molecule has 0 spiro atoms. The Kier molecular flexibility index (Phi) is 2.93. The average molecular weight is 374 g/mol. The van der Waals surface area contributed by atoms with E-state index in [1.54, 1.807) is 0 Å². The molecule has 4 atom stereocenters. The van der Waals surface area contributed by atoms with Gasteiger partial charge < -0.3 is 0 Å². The lowest BCUT2D eigenvalue weighted by atomic mass is 10.0. The Bertz CT molecular complexity index is 663. The summed E-state index contributed by atoms with van der Waals surface area (Å²) in [5.74, 6) is 0. The molecule has 0 bridgehead atoms. The molecule has 3 heteroatoms. The minimum absolute atomic E-state index is 0.291. The predicted molar refractivity (Wildman–Crippen MR) is 90.0 cm³/mol. The van der Waals surface area contributed by atoms with Crippen LogP contribution in [0.3, 0.4) is 0 Å². The van der Waals surface area contributed by atoms with Crippen LogP contribution in [0.15, 0.2) is 59.6 Å². The lowest BCUT2D eigenvalue weighted by molar-refractivity contribution is 0.419. The zero-order valence-corrected chi connectivity index (χ0v) is 13.4. The average Bonchev–Trinajstić information content (AvgIpc) is 3.13. The number of nitrogens with zero attached hydrogens (tertiary/aromatic N) is 2. The van der Waals surface area contributed by atoms with Crippen molar-refractivity contribution in [3.63, 3.8) is 0 Å². The van der Waals surface area contributed by atoms with Crippen molar-refractivity contribution < 1.29 is 0 Å². The van der Waals surface area contributed by atoms with Crippen LogP contribution in [0, 0.1) is 3.57 Å². The van der Waals surface area contributed by atoms with Gasteiger partial charge in [0.2, 0.25) is 0 Å². The lowest BCUT2D eigenvalue weighted by Crippen LogP contribution is -2.09. The van der Waals surface area contributed by atoms with E-state index in [9.17, 15) is 0 Å². The van der Waals surface area contributed by atoms with Crippen molar-refractivity contribution >= 4 is 28.3 Å². The van der Waals surface area contributed by atoms with Gasteiger partial charge in [0.25, 0.3) is 0 Å². The van der Waals surface area contributed by atoms with E-state index in [1.807, 2.05) is 0 Å². The van der Waals surface area contributed by atoms with Crippen LogP contribution in [0.4, 0.5) is 0 Å². The molecule has 1 fully saturated rings. The summed E-state index contributed by atoms with van der Waals surface area (Å²) in [5.41, 5.74) is 3.92. The molecule has 2 aromatic carbocycles. The molecule has 4 rings (SSSR count). The number of benzene rings is 2. The maximum Gasteiger partial charge on any atom is 0.101 e. The Morgan fingerprint density at radius 2 is 1.65 bits per heavy atom. The third kappa shape index (κ3) is 1.91. The van der Waals surface area contributed by atoms with Crippen LogP contribution in [0.1, 0.15) is 24.1 Å². The van der Waals surface area contributed by atoms with Gasteiger partial charge in [-0.05, 0) is 52.8 Å². The molecule has 2 heterocycles. The second-order valence-electron chi connectivity index (χ2n) is 5.40. The van der Waals surface area contributed by atoms with Crippen molar-refractivity contribution in [1.29, 1.82) is 0 Å². The first-order valence-corrected chi connectivity index (χ1v) is 7.99. The van der Waals surface area contributed by atoms with Crippen molar-refractivity contribution in [2.24, 2.45) is 4.99 Å². The molecule has 0 amide bonds. The van der Waals surface area contributed by atoms with Crippen LogP contribution in [-0.2, 0) is 0 Å². The second-order valence-corrected chi connectivity index (χ2v) is 6.65. The molecule has 0 aromatic heterocycles. The van der Waals surface area contributed by atoms with Gasteiger partial charge in [0.1, 0.15) is 6.17 Å². The predicted octanol–water partition coefficient (Wildman–Crippen LogP) is 3.87. The van der Waals surface area contributed by atoms with Gasteiger partial charge in [-0.3, -0.25) is 9.89 Å². The third-order valence-corrected chi connectivity index (χ3v) is 4.89. The lowest BCUT2D eigenvalue weighted by Gasteiger charge is -2.09. The van der Waals surface area contributed by atoms with Crippen molar-refractivity contribution in [3.05, 3.63) is 69.3 Å². The van der Waals surface area contributed by atoms with Crippen molar-refractivity contribution in [1.82, 2.24) is 4.90 Å². The number of hydrogen-bond acceptors (Lipinski definition) is 2. The van der Waals surface area contributed by atoms with E-state index < -0.39 is 0 Å². The Balaban J connectivity index is 1.67. The van der Waals surface area contributed by atoms with Gasteiger partial charge in [-0.2, -0.15) is 0 Å². The van der Waals surface area contributed by atoms with Crippen LogP contribution in [0.2, 0.25) is 0 Å². The first-order valence-electron chi connectivity index (χ1n) is 6.92. The van der Waals surface area contributed by atoms with E-state index in [0.717, 1.165) is 0 Å². The normalized spacial score (nSPS) is 30.8. The highest BCUT2D eigenvalue weighted by atomic mass is 127. The van der Waals surface area contributed by atoms with E-state index in [2.05, 4.69) is 89.0 Å². The minimum atomic E-state index is 0.291. The fourth-order valence-corrected chi connectivity index (χ4v) is 3.58. The van der Waals surface area contributed by atoms with Crippen molar-refractivity contribution in [3.8, 4) is 0 Å². The maximum atomic E-state index is 4.84. The van der Waals surface area contributed by atoms with E-state index >= 15 is 0 Å². The fourth-order valence-electron chi connectivity index (χ4n) is 3.22. The summed E-state index contributed by atoms with van der Waals surface area (Å²) >= 11 is 2.34. The smallest absolute Gasteiger partial charge is 0.101 e. The minimum Gasteiger partial charge on any atom is -0.269 e. The maximum absolute atomic E-state index is 4.84. The van der Waals surface area contributed by atoms with Gasteiger partial charge in [0.15, 0.2) is 0 Å². The van der Waals surface area contributed by atoms with Crippen LogP contribution in [-0.4, -0.2) is 22.8 Å². The summed E-state index contributed by atoms with van der Waals surface area (Å²) in [6, 6.07) is 20.4. The Morgan fingerprint density at radius 1 is 0.950 bits per heavy atom. The number of halogens is 1. The van der Waals surface area contributed by atoms with Crippen LogP contribution >= 0.6 is 22.6 Å². The SMILES string of the molecule is C[C@H]1N=C(c2ccc(I)cc2)[C@H]2[C@@H](c3ccccc3)N12. The Morgan fingerprint density at radius 3 is 2.35 bits per heavy atom. The van der Waals surface area contributed by atoms with Gasteiger partial charge in [0.05, 0.1) is 17.8 Å². The van der Waals surface area contributed by atoms with Gasteiger partial charge in [-0.15, -0.1) is 0 Å². The summed E-state index contributed by atoms with van der Waals surface area (Å²) < 4.78 is 1.27. The van der Waals surface area contributed by atoms with Gasteiger partial charge in [0, 0.05) is 3.57 Å². The molecule has 2 aromatic rings. The third-order valence-electron chi connectivity index (χ3n) is 4.17. The van der Waals surface area contributed by atoms with Crippen LogP contribution < -0.4 is 0 Å². The largest absolute Gasteiger partial charge is 0.269 e. The molecule has 1 unspecified atom stereocenters. The Hall–Kier alpha value is -1.20. The summed E-state index contributed by atoms with van der Waals surface area (Å²) in [7, 11) is 0. The first kappa shape index (κ1) is 12.5. The molecule has 100 valence electrons. The first-order chi connectivity index (χ1) is 9.75. The summed E-state index contributed by atoms with van der Waals surface area (Å²) in [5, 5.41) is 0. The molecule has 0 saturated carbocycles. The molecular weight excluding hydrogens is 359 g/mol. The topological polar surface area (TPSA) is 15.4 Å². The molecule has 0 aliphatic carbocycles. The number of fused-ring (bicyclic) bond motifs is 1. The standard InChI is InChI=1S/C17H15IN2/c1-11-19-15(12-7-9-14(18)10-8-12)17-16(20(11)17)13-5-3-2-4-6-13/h2-11,16-17H,1H3/t11-,16+,17-,20?/m0/s1. The molecule has 0 N–H and O–H groups in total. The van der Waals surface area contributed by atoms with Gasteiger partial charge in [-0.1, -0.05) is 42.5 Å². The van der Waals surface area contributed by atoms with E-state index in [1.165, 1.54) is 20.4 Å². The molecule has 2 nitrogen and oxygen atoms in total. The van der Waals surface area contributed by atoms with Crippen molar-refractivity contribution in [2.45, 2.75) is 25.2 Å². The molecular formula is C17H15IN2. The number of rotatable bonds is 2. The van der Waals surface area contributed by atoms with Gasteiger partial charge in [-0.25, -0.2) is 0 Å². The highest BCUT2D eigenvalue weighted by molar-refractivity contribution is 14.1. The zero-order chi connectivity index (χ0) is 13.7. The van der Waals surface area contributed by atoms with Crippen molar-refractivity contribution in [2.75, 3.05) is 0 Å². The Labute approximate surface area is 132 Å². The highest BCUT2D eigenvalue weighted by Crippen LogP contribution is 2.50.